The molecule has 0 radical (unpaired) electrons. The van der Waals surface area contributed by atoms with Crippen molar-refractivity contribution in [2.75, 3.05) is 19.0 Å². The molecule has 1 N–H and O–H groups in total. The fourth-order valence-electron chi connectivity index (χ4n) is 3.66. The van der Waals surface area contributed by atoms with Crippen LogP contribution in [0.4, 0.5) is 10.5 Å². The van der Waals surface area contributed by atoms with Crippen LogP contribution in [-0.4, -0.2) is 35.7 Å². The molecular weight excluding hydrogens is 547 g/mol. The molecule has 196 valence electrons. The van der Waals surface area contributed by atoms with E-state index in [0.717, 1.165) is 27.8 Å². The van der Waals surface area contributed by atoms with E-state index in [2.05, 4.69) is 5.32 Å². The fourth-order valence-corrected chi connectivity index (χ4v) is 4.97. The Hall–Kier alpha value is -3.46. The van der Waals surface area contributed by atoms with E-state index in [0.29, 0.717) is 38.4 Å². The summed E-state index contributed by atoms with van der Waals surface area (Å²) in [6, 6.07) is 15.6. The van der Waals surface area contributed by atoms with Crippen molar-refractivity contribution in [1.82, 2.24) is 4.90 Å². The molecule has 1 aliphatic heterocycles. The number of anilines is 1. The molecule has 38 heavy (non-hydrogen) atoms. The number of benzene rings is 3. The highest BCUT2D eigenvalue weighted by molar-refractivity contribution is 8.18. The van der Waals surface area contributed by atoms with Crippen LogP contribution >= 0.6 is 35.0 Å². The van der Waals surface area contributed by atoms with E-state index in [4.69, 9.17) is 32.7 Å². The van der Waals surface area contributed by atoms with Gasteiger partial charge in [-0.15, -0.1) is 0 Å². The minimum atomic E-state index is -0.423. The normalized spacial score (nSPS) is 14.2. The van der Waals surface area contributed by atoms with Gasteiger partial charge < -0.3 is 14.8 Å². The lowest BCUT2D eigenvalue weighted by Gasteiger charge is -2.14. The summed E-state index contributed by atoms with van der Waals surface area (Å²) >= 11 is 13.0. The molecule has 3 amide bonds. The highest BCUT2D eigenvalue weighted by Crippen LogP contribution is 2.36. The number of imide groups is 1. The molecule has 0 aliphatic carbocycles. The van der Waals surface area contributed by atoms with Crippen LogP contribution in [0.1, 0.15) is 22.3 Å². The van der Waals surface area contributed by atoms with Crippen LogP contribution in [0.15, 0.2) is 59.5 Å². The number of ether oxygens (including phenoxy) is 2. The van der Waals surface area contributed by atoms with Gasteiger partial charge in [-0.3, -0.25) is 19.3 Å². The molecule has 1 fully saturated rings. The van der Waals surface area contributed by atoms with Crippen LogP contribution < -0.4 is 14.8 Å². The summed E-state index contributed by atoms with van der Waals surface area (Å²) in [6.45, 7) is 3.80. The first kappa shape index (κ1) is 27.6. The number of hydrogen-bond acceptors (Lipinski definition) is 6. The molecule has 10 heteroatoms. The topological polar surface area (TPSA) is 84.9 Å². The van der Waals surface area contributed by atoms with Crippen LogP contribution in [0, 0.1) is 13.8 Å². The van der Waals surface area contributed by atoms with Gasteiger partial charge in [-0.25, -0.2) is 0 Å². The Kier molecular flexibility index (Phi) is 8.66. The van der Waals surface area contributed by atoms with Crippen molar-refractivity contribution < 1.29 is 23.9 Å². The summed E-state index contributed by atoms with van der Waals surface area (Å²) in [5, 5.41) is 3.26. The number of rotatable bonds is 8. The SMILES string of the molecule is COc1cc(/C=C2/SC(=O)N(Cc3ccc(Cl)cc3Cl)C2=O)ccc1OCC(=O)Nc1ccc(C)c(C)c1. The second-order valence-corrected chi connectivity index (χ2v) is 10.4. The molecule has 0 bridgehead atoms. The molecule has 1 heterocycles. The van der Waals surface area contributed by atoms with Crippen LogP contribution in [0.3, 0.4) is 0 Å². The molecule has 7 nitrogen and oxygen atoms in total. The average molecular weight is 571 g/mol. The van der Waals surface area contributed by atoms with Crippen molar-refractivity contribution in [2.24, 2.45) is 0 Å². The number of hydrogen-bond donors (Lipinski definition) is 1. The maximum absolute atomic E-state index is 12.9. The summed E-state index contributed by atoms with van der Waals surface area (Å²) in [4.78, 5) is 39.2. The predicted octanol–water partition coefficient (Wildman–Crippen LogP) is 6.87. The Morgan fingerprint density at radius 1 is 1.00 bits per heavy atom. The number of thioether (sulfide) groups is 1. The highest BCUT2D eigenvalue weighted by atomic mass is 35.5. The van der Waals surface area contributed by atoms with E-state index >= 15 is 0 Å². The zero-order chi connectivity index (χ0) is 27.4. The van der Waals surface area contributed by atoms with Crippen LogP contribution in [-0.2, 0) is 16.1 Å². The number of carbonyl (C=O) groups is 3. The molecule has 0 spiro atoms. The first-order valence-electron chi connectivity index (χ1n) is 11.5. The molecule has 0 atom stereocenters. The molecule has 1 aliphatic rings. The highest BCUT2D eigenvalue weighted by Gasteiger charge is 2.35. The Morgan fingerprint density at radius 2 is 1.79 bits per heavy atom. The van der Waals surface area contributed by atoms with Crippen molar-refractivity contribution in [1.29, 1.82) is 0 Å². The maximum atomic E-state index is 12.9. The first-order valence-corrected chi connectivity index (χ1v) is 13.1. The smallest absolute Gasteiger partial charge is 0.293 e. The molecule has 1 saturated heterocycles. The number of methoxy groups -OCH3 is 1. The minimum Gasteiger partial charge on any atom is -0.493 e. The molecule has 4 rings (SSSR count). The van der Waals surface area contributed by atoms with Gasteiger partial charge in [0, 0.05) is 15.7 Å². The molecular formula is C28H24Cl2N2O5S. The summed E-state index contributed by atoms with van der Waals surface area (Å²) in [7, 11) is 1.48. The molecule has 3 aromatic rings. The summed E-state index contributed by atoms with van der Waals surface area (Å²) in [6.07, 6.45) is 1.60. The minimum absolute atomic E-state index is 0.0400. The second kappa shape index (κ2) is 11.9. The Morgan fingerprint density at radius 3 is 2.50 bits per heavy atom. The van der Waals surface area contributed by atoms with Crippen LogP contribution in [0.2, 0.25) is 10.0 Å². The third kappa shape index (κ3) is 6.51. The maximum Gasteiger partial charge on any atom is 0.293 e. The third-order valence-corrected chi connectivity index (χ3v) is 7.35. The Bertz CT molecular complexity index is 1460. The fraction of sp³-hybridized carbons (Fsp3) is 0.179. The number of amides is 3. The zero-order valence-electron chi connectivity index (χ0n) is 20.8. The molecule has 0 aromatic heterocycles. The molecule has 0 unspecified atom stereocenters. The van der Waals surface area contributed by atoms with E-state index in [1.54, 1.807) is 42.5 Å². The van der Waals surface area contributed by atoms with Gasteiger partial charge in [0.15, 0.2) is 18.1 Å². The lowest BCUT2D eigenvalue weighted by atomic mass is 10.1. The van der Waals surface area contributed by atoms with Gasteiger partial charge in [-0.05, 0) is 90.3 Å². The molecule has 3 aromatic carbocycles. The third-order valence-electron chi connectivity index (χ3n) is 5.85. The number of halogens is 2. The average Bonchev–Trinajstić information content (AvgIpc) is 3.14. The Balaban J connectivity index is 1.42. The van der Waals surface area contributed by atoms with E-state index in [1.807, 2.05) is 32.0 Å². The Labute approximate surface area is 234 Å². The van der Waals surface area contributed by atoms with E-state index in [9.17, 15) is 14.4 Å². The van der Waals surface area contributed by atoms with Gasteiger partial charge in [0.05, 0.1) is 18.6 Å². The van der Waals surface area contributed by atoms with E-state index in [1.165, 1.54) is 7.11 Å². The van der Waals surface area contributed by atoms with Crippen molar-refractivity contribution in [3.05, 3.63) is 91.8 Å². The van der Waals surface area contributed by atoms with Crippen LogP contribution in [0.25, 0.3) is 6.08 Å². The summed E-state index contributed by atoms with van der Waals surface area (Å²) in [5.41, 5.74) is 4.15. The van der Waals surface area contributed by atoms with Gasteiger partial charge in [0.25, 0.3) is 17.1 Å². The standard InChI is InChI=1S/C28H24Cl2N2O5S/c1-16-4-8-21(10-17(16)2)31-26(33)15-37-23-9-5-18(11-24(23)36-3)12-25-27(34)32(28(35)38-25)14-19-6-7-20(29)13-22(19)30/h4-13H,14-15H2,1-3H3,(H,31,33)/b25-12+. The van der Waals surface area contributed by atoms with Crippen molar-refractivity contribution in [3.63, 3.8) is 0 Å². The second-order valence-electron chi connectivity index (χ2n) is 8.55. The lowest BCUT2D eigenvalue weighted by Crippen LogP contribution is -2.27. The van der Waals surface area contributed by atoms with Gasteiger partial charge in [-0.2, -0.15) is 0 Å². The predicted molar refractivity (Wildman–Crippen MR) is 151 cm³/mol. The quantitative estimate of drug-likeness (QED) is 0.297. The van der Waals surface area contributed by atoms with Gasteiger partial charge >= 0.3 is 0 Å². The summed E-state index contributed by atoms with van der Waals surface area (Å²) < 4.78 is 11.1. The van der Waals surface area contributed by atoms with Gasteiger partial charge in [0.2, 0.25) is 0 Å². The number of carbonyl (C=O) groups excluding carboxylic acids is 3. The van der Waals surface area contributed by atoms with Crippen molar-refractivity contribution in [3.8, 4) is 11.5 Å². The number of nitrogens with one attached hydrogen (secondary N) is 1. The number of nitrogens with zero attached hydrogens (tertiary/aromatic N) is 1. The summed E-state index contributed by atoms with van der Waals surface area (Å²) in [5.74, 6) is 0.0115. The monoisotopic (exact) mass is 570 g/mol. The lowest BCUT2D eigenvalue weighted by molar-refractivity contribution is -0.123. The molecule has 0 saturated carbocycles. The van der Waals surface area contributed by atoms with Crippen LogP contribution in [0.5, 0.6) is 11.5 Å². The van der Waals surface area contributed by atoms with E-state index in [-0.39, 0.29) is 24.0 Å². The number of aryl methyl sites for hydroxylation is 2. The van der Waals surface area contributed by atoms with Crippen molar-refractivity contribution in [2.45, 2.75) is 20.4 Å². The van der Waals surface area contributed by atoms with E-state index < -0.39 is 11.1 Å². The first-order chi connectivity index (χ1) is 18.1. The largest absolute Gasteiger partial charge is 0.493 e. The van der Waals surface area contributed by atoms with Gasteiger partial charge in [0.1, 0.15) is 0 Å². The zero-order valence-corrected chi connectivity index (χ0v) is 23.2. The van der Waals surface area contributed by atoms with Crippen molar-refractivity contribution >= 4 is 63.8 Å². The van der Waals surface area contributed by atoms with Gasteiger partial charge in [-0.1, -0.05) is 41.4 Å².